The quantitative estimate of drug-likeness (QED) is 0.505. The molecule has 0 spiro atoms. The largest absolute Gasteiger partial charge is 0.401 e. The topological polar surface area (TPSA) is 73.3 Å². The molecule has 0 amide bonds. The number of hydrogen-bond donors (Lipinski definition) is 0. The van der Waals surface area contributed by atoms with Crippen molar-refractivity contribution < 1.29 is 4.42 Å². The van der Waals surface area contributed by atoms with Crippen LogP contribution in [0.2, 0.25) is 0 Å². The van der Waals surface area contributed by atoms with Gasteiger partial charge in [0.1, 0.15) is 11.7 Å². The van der Waals surface area contributed by atoms with Crippen molar-refractivity contribution in [1.29, 1.82) is 0 Å². The lowest BCUT2D eigenvalue weighted by Crippen LogP contribution is -2.05. The summed E-state index contributed by atoms with van der Waals surface area (Å²) in [6, 6.07) is 3.46. The van der Waals surface area contributed by atoms with Gasteiger partial charge < -0.3 is 4.42 Å². The van der Waals surface area contributed by atoms with Crippen molar-refractivity contribution >= 4 is 16.7 Å². The third-order valence-electron chi connectivity index (χ3n) is 1.92. The molecule has 3 aromatic rings. The summed E-state index contributed by atoms with van der Waals surface area (Å²) in [6.07, 6.45) is 2.91. The first-order valence-corrected chi connectivity index (χ1v) is 3.94. The SMILES string of the molecule is O=c1oc2cnnn2c2cccnc12. The molecule has 0 saturated carbocycles. The normalized spacial score (nSPS) is 11.1. The van der Waals surface area contributed by atoms with Crippen molar-refractivity contribution in [2.75, 3.05) is 0 Å². The Kier molecular flexibility index (Phi) is 1.22. The summed E-state index contributed by atoms with van der Waals surface area (Å²) in [4.78, 5) is 15.3. The van der Waals surface area contributed by atoms with E-state index in [0.29, 0.717) is 11.2 Å². The van der Waals surface area contributed by atoms with Crippen LogP contribution in [0.5, 0.6) is 0 Å². The van der Waals surface area contributed by atoms with Gasteiger partial charge in [0.05, 0.1) is 0 Å². The van der Waals surface area contributed by atoms with Crippen LogP contribution < -0.4 is 5.63 Å². The lowest BCUT2D eigenvalue weighted by atomic mass is 10.4. The van der Waals surface area contributed by atoms with Gasteiger partial charge in [0, 0.05) is 6.20 Å². The number of pyridine rings is 1. The van der Waals surface area contributed by atoms with Gasteiger partial charge in [0.2, 0.25) is 5.71 Å². The van der Waals surface area contributed by atoms with Crippen molar-refractivity contribution in [3.8, 4) is 0 Å². The molecule has 0 fully saturated rings. The third-order valence-corrected chi connectivity index (χ3v) is 1.92. The summed E-state index contributed by atoms with van der Waals surface area (Å²) in [5, 5.41) is 7.43. The molecule has 0 aromatic carbocycles. The van der Waals surface area contributed by atoms with Crippen LogP contribution in [0.3, 0.4) is 0 Å². The first-order valence-electron chi connectivity index (χ1n) is 3.94. The predicted octanol–water partition coefficient (Wildman–Crippen LogP) is 0.231. The van der Waals surface area contributed by atoms with Gasteiger partial charge in [-0.1, -0.05) is 5.21 Å². The summed E-state index contributed by atoms with van der Waals surface area (Å²) < 4.78 is 6.37. The Morgan fingerprint density at radius 3 is 3.29 bits per heavy atom. The molecule has 6 nitrogen and oxygen atoms in total. The van der Waals surface area contributed by atoms with E-state index in [1.54, 1.807) is 12.1 Å². The molecule has 0 aliphatic heterocycles. The molecule has 6 heteroatoms. The summed E-state index contributed by atoms with van der Waals surface area (Å²) >= 11 is 0. The zero-order valence-corrected chi connectivity index (χ0v) is 6.91. The van der Waals surface area contributed by atoms with E-state index in [0.717, 1.165) is 0 Å². The molecule has 0 aliphatic rings. The van der Waals surface area contributed by atoms with Crippen LogP contribution >= 0.6 is 0 Å². The highest BCUT2D eigenvalue weighted by Gasteiger charge is 2.07. The fourth-order valence-electron chi connectivity index (χ4n) is 1.33. The molecule has 0 aliphatic carbocycles. The Morgan fingerprint density at radius 2 is 2.36 bits per heavy atom. The van der Waals surface area contributed by atoms with Crippen molar-refractivity contribution in [3.63, 3.8) is 0 Å². The van der Waals surface area contributed by atoms with Gasteiger partial charge in [0.15, 0.2) is 5.52 Å². The van der Waals surface area contributed by atoms with Crippen LogP contribution in [0.25, 0.3) is 16.7 Å². The lowest BCUT2D eigenvalue weighted by Gasteiger charge is -1.95. The van der Waals surface area contributed by atoms with E-state index in [2.05, 4.69) is 15.3 Å². The molecule has 3 heterocycles. The van der Waals surface area contributed by atoms with Crippen molar-refractivity contribution in [2.24, 2.45) is 0 Å². The van der Waals surface area contributed by atoms with E-state index < -0.39 is 5.63 Å². The Morgan fingerprint density at radius 1 is 1.43 bits per heavy atom. The molecular formula is C8H4N4O2. The second kappa shape index (κ2) is 2.38. The third kappa shape index (κ3) is 0.792. The fraction of sp³-hybridized carbons (Fsp3) is 0. The zero-order valence-electron chi connectivity index (χ0n) is 6.91. The maximum Gasteiger partial charge on any atom is 0.365 e. The van der Waals surface area contributed by atoms with Crippen molar-refractivity contribution in [1.82, 2.24) is 19.8 Å². The number of nitrogens with zero attached hydrogens (tertiary/aromatic N) is 4. The molecule has 14 heavy (non-hydrogen) atoms. The lowest BCUT2D eigenvalue weighted by molar-refractivity contribution is 0.540. The maximum absolute atomic E-state index is 11.4. The second-order valence-electron chi connectivity index (χ2n) is 2.74. The van der Waals surface area contributed by atoms with Crippen LogP contribution in [0.4, 0.5) is 0 Å². The minimum Gasteiger partial charge on any atom is -0.401 e. The molecule has 3 rings (SSSR count). The Hall–Kier alpha value is -2.24. The highest BCUT2D eigenvalue weighted by molar-refractivity contribution is 5.74. The zero-order chi connectivity index (χ0) is 9.54. The summed E-state index contributed by atoms with van der Waals surface area (Å²) in [7, 11) is 0. The molecular weight excluding hydrogens is 184 g/mol. The molecule has 3 aromatic heterocycles. The Bertz CT molecular complexity index is 669. The van der Waals surface area contributed by atoms with Gasteiger partial charge in [-0.15, -0.1) is 5.10 Å². The molecule has 0 bridgehead atoms. The molecule has 68 valence electrons. The number of aromatic nitrogens is 4. The summed E-state index contributed by atoms with van der Waals surface area (Å²) in [5.74, 6) is 0. The minimum absolute atomic E-state index is 0.255. The fourth-order valence-corrected chi connectivity index (χ4v) is 1.33. The first-order chi connectivity index (χ1) is 6.86. The highest BCUT2D eigenvalue weighted by atomic mass is 16.4. The van der Waals surface area contributed by atoms with Gasteiger partial charge in [-0.05, 0) is 12.1 Å². The monoisotopic (exact) mass is 188 g/mol. The molecule has 0 saturated heterocycles. The minimum atomic E-state index is -0.476. The van der Waals surface area contributed by atoms with E-state index in [1.807, 2.05) is 0 Å². The van der Waals surface area contributed by atoms with Gasteiger partial charge in [-0.2, -0.15) is 4.52 Å². The standard InChI is InChI=1S/C8H4N4O2/c13-8-7-5(2-1-3-9-7)12-6(14-8)4-10-11-12/h1-4H. The number of hydrogen-bond acceptors (Lipinski definition) is 5. The van der Waals surface area contributed by atoms with E-state index in [9.17, 15) is 4.79 Å². The predicted molar refractivity (Wildman–Crippen MR) is 46.8 cm³/mol. The summed E-state index contributed by atoms with van der Waals surface area (Å²) in [5.41, 5.74) is 0.688. The average molecular weight is 188 g/mol. The number of rotatable bonds is 0. The summed E-state index contributed by atoms with van der Waals surface area (Å²) in [6.45, 7) is 0. The molecule has 0 radical (unpaired) electrons. The highest BCUT2D eigenvalue weighted by Crippen LogP contribution is 2.07. The Balaban J connectivity index is 2.74. The van der Waals surface area contributed by atoms with E-state index in [-0.39, 0.29) is 5.52 Å². The van der Waals surface area contributed by atoms with E-state index >= 15 is 0 Å². The first kappa shape index (κ1) is 7.19. The van der Waals surface area contributed by atoms with Gasteiger partial charge in [-0.25, -0.2) is 9.78 Å². The van der Waals surface area contributed by atoms with Crippen LogP contribution in [0.1, 0.15) is 0 Å². The van der Waals surface area contributed by atoms with Gasteiger partial charge in [0.25, 0.3) is 0 Å². The molecule has 0 N–H and O–H groups in total. The van der Waals surface area contributed by atoms with Crippen molar-refractivity contribution in [2.45, 2.75) is 0 Å². The average Bonchev–Trinajstić information content (AvgIpc) is 2.66. The van der Waals surface area contributed by atoms with Gasteiger partial charge >= 0.3 is 5.63 Å². The van der Waals surface area contributed by atoms with Crippen LogP contribution in [-0.4, -0.2) is 19.8 Å². The van der Waals surface area contributed by atoms with Crippen molar-refractivity contribution in [3.05, 3.63) is 34.9 Å². The van der Waals surface area contributed by atoms with Gasteiger partial charge in [-0.3, -0.25) is 0 Å². The number of fused-ring (bicyclic) bond motifs is 3. The molecule has 0 unspecified atom stereocenters. The Labute approximate surface area is 76.8 Å². The molecule has 0 atom stereocenters. The van der Waals surface area contributed by atoms with E-state index in [4.69, 9.17) is 4.42 Å². The van der Waals surface area contributed by atoms with Crippen LogP contribution in [-0.2, 0) is 0 Å². The second-order valence-corrected chi connectivity index (χ2v) is 2.74. The van der Waals surface area contributed by atoms with Crippen LogP contribution in [0, 0.1) is 0 Å². The smallest absolute Gasteiger partial charge is 0.365 e. The van der Waals surface area contributed by atoms with Crippen LogP contribution in [0.15, 0.2) is 33.7 Å². The maximum atomic E-state index is 11.4. The van der Waals surface area contributed by atoms with E-state index in [1.165, 1.54) is 16.9 Å².